The van der Waals surface area contributed by atoms with Crippen molar-refractivity contribution in [1.82, 2.24) is 4.98 Å². The van der Waals surface area contributed by atoms with Gasteiger partial charge in [-0.1, -0.05) is 31.7 Å². The van der Waals surface area contributed by atoms with Gasteiger partial charge in [-0.25, -0.2) is 0 Å². The van der Waals surface area contributed by atoms with E-state index in [2.05, 4.69) is 41.3 Å². The minimum atomic E-state index is 0.593. The first kappa shape index (κ1) is 12.5. The van der Waals surface area contributed by atoms with E-state index >= 15 is 0 Å². The van der Waals surface area contributed by atoms with Gasteiger partial charge in [0.2, 0.25) is 0 Å². The highest BCUT2D eigenvalue weighted by Crippen LogP contribution is 2.29. The largest absolute Gasteiger partial charge is 0.334 e. The van der Waals surface area contributed by atoms with Gasteiger partial charge in [0.15, 0.2) is 5.17 Å². The van der Waals surface area contributed by atoms with Crippen molar-refractivity contribution in [1.29, 1.82) is 0 Å². The summed E-state index contributed by atoms with van der Waals surface area (Å²) in [6.45, 7) is 5.41. The van der Waals surface area contributed by atoms with Crippen LogP contribution in [-0.2, 0) is 0 Å². The molecule has 98 valence electrons. The number of hydrogen-bond donors (Lipinski definition) is 1. The zero-order chi connectivity index (χ0) is 13.2. The first-order valence-electron chi connectivity index (χ1n) is 6.56. The summed E-state index contributed by atoms with van der Waals surface area (Å²) in [5, 5.41) is 6.20. The lowest BCUT2D eigenvalue weighted by molar-refractivity contribution is 0.621. The van der Waals surface area contributed by atoms with Gasteiger partial charge in [-0.2, -0.15) is 0 Å². The monoisotopic (exact) mass is 271 g/mol. The van der Waals surface area contributed by atoms with Crippen molar-refractivity contribution in [3.63, 3.8) is 0 Å². The molecule has 3 rings (SSSR count). The van der Waals surface area contributed by atoms with Gasteiger partial charge < -0.3 is 5.32 Å². The number of anilines is 1. The average molecular weight is 271 g/mol. The van der Waals surface area contributed by atoms with Crippen LogP contribution in [0.3, 0.4) is 0 Å². The average Bonchev–Trinajstić information content (AvgIpc) is 2.88. The van der Waals surface area contributed by atoms with Crippen LogP contribution >= 0.6 is 11.8 Å². The van der Waals surface area contributed by atoms with E-state index in [9.17, 15) is 0 Å². The zero-order valence-electron chi connectivity index (χ0n) is 11.1. The summed E-state index contributed by atoms with van der Waals surface area (Å²) in [6.07, 6.45) is 1.82. The molecule has 0 spiro atoms. The Morgan fingerprint density at radius 2 is 2.16 bits per heavy atom. The second-order valence-corrected chi connectivity index (χ2v) is 6.27. The van der Waals surface area contributed by atoms with Crippen LogP contribution < -0.4 is 5.32 Å². The number of aromatic nitrogens is 1. The third kappa shape index (κ3) is 2.59. The molecule has 2 heterocycles. The van der Waals surface area contributed by atoms with Gasteiger partial charge in [0.05, 0.1) is 12.1 Å². The molecule has 4 heteroatoms. The lowest BCUT2D eigenvalue weighted by Crippen LogP contribution is -2.13. The van der Waals surface area contributed by atoms with E-state index in [1.807, 2.05) is 36.2 Å². The molecule has 0 radical (unpaired) electrons. The summed E-state index contributed by atoms with van der Waals surface area (Å²) in [5.74, 6) is 0.655. The van der Waals surface area contributed by atoms with Crippen LogP contribution in [-0.4, -0.2) is 21.9 Å². The van der Waals surface area contributed by atoms with Gasteiger partial charge in [-0.05, 0) is 30.2 Å². The summed E-state index contributed by atoms with van der Waals surface area (Å²) in [4.78, 5) is 8.96. The normalized spacial score (nSPS) is 18.9. The fraction of sp³-hybridized carbons (Fsp3) is 0.333. The van der Waals surface area contributed by atoms with Crippen LogP contribution in [0.1, 0.15) is 13.8 Å². The molecule has 19 heavy (non-hydrogen) atoms. The highest BCUT2D eigenvalue weighted by Gasteiger charge is 2.22. The van der Waals surface area contributed by atoms with Crippen LogP contribution in [0.25, 0.3) is 10.9 Å². The highest BCUT2D eigenvalue weighted by molar-refractivity contribution is 8.15. The van der Waals surface area contributed by atoms with Gasteiger partial charge in [-0.3, -0.25) is 9.98 Å². The number of nitrogens with one attached hydrogen (secondary N) is 1. The molecule has 0 aliphatic carbocycles. The first-order chi connectivity index (χ1) is 9.24. The van der Waals surface area contributed by atoms with E-state index in [1.54, 1.807) is 0 Å². The Morgan fingerprint density at radius 1 is 1.26 bits per heavy atom. The van der Waals surface area contributed by atoms with Crippen molar-refractivity contribution in [2.45, 2.75) is 19.1 Å². The summed E-state index contributed by atoms with van der Waals surface area (Å²) >= 11 is 1.84. The van der Waals surface area contributed by atoms with E-state index in [0.717, 1.165) is 28.3 Å². The number of thioether (sulfide) groups is 1. The summed E-state index contributed by atoms with van der Waals surface area (Å²) in [5.41, 5.74) is 2.10. The lowest BCUT2D eigenvalue weighted by atomic mass is 10.1. The molecule has 1 aliphatic rings. The molecule has 1 aliphatic heterocycles. The number of aliphatic imine (C=N–C) groups is 1. The predicted molar refractivity (Wildman–Crippen MR) is 83.9 cm³/mol. The third-order valence-electron chi connectivity index (χ3n) is 3.31. The third-order valence-corrected chi connectivity index (χ3v) is 4.76. The number of rotatable bonds is 2. The number of nitrogens with zero attached hydrogens (tertiary/aromatic N) is 2. The molecule has 1 aromatic heterocycles. The topological polar surface area (TPSA) is 37.3 Å². The molecule has 1 N–H and O–H groups in total. The fourth-order valence-electron chi connectivity index (χ4n) is 2.13. The fourth-order valence-corrected chi connectivity index (χ4v) is 3.16. The van der Waals surface area contributed by atoms with E-state index in [4.69, 9.17) is 0 Å². The Bertz CT molecular complexity index is 616. The van der Waals surface area contributed by atoms with Gasteiger partial charge in [0.1, 0.15) is 0 Å². The highest BCUT2D eigenvalue weighted by atomic mass is 32.2. The Balaban J connectivity index is 1.83. The van der Waals surface area contributed by atoms with Gasteiger partial charge >= 0.3 is 0 Å². The summed E-state index contributed by atoms with van der Waals surface area (Å²) in [6, 6.07) is 10.2. The molecule has 1 unspecified atom stereocenters. The van der Waals surface area contributed by atoms with Gasteiger partial charge in [0, 0.05) is 22.5 Å². The van der Waals surface area contributed by atoms with Crippen LogP contribution in [0.4, 0.5) is 5.69 Å². The lowest BCUT2D eigenvalue weighted by Gasteiger charge is -2.13. The maximum atomic E-state index is 4.59. The maximum absolute atomic E-state index is 4.59. The number of benzene rings is 1. The van der Waals surface area contributed by atoms with Crippen molar-refractivity contribution in [3.8, 4) is 0 Å². The van der Waals surface area contributed by atoms with E-state index in [-0.39, 0.29) is 0 Å². The smallest absolute Gasteiger partial charge is 0.161 e. The van der Waals surface area contributed by atoms with Crippen molar-refractivity contribution in [2.24, 2.45) is 10.9 Å². The molecule has 1 atom stereocenters. The second-order valence-electron chi connectivity index (χ2n) is 5.05. The SMILES string of the molecule is CC(C)C1CN=C(Nc2cccc3ncccc23)S1. The molecule has 0 bridgehead atoms. The molecule has 2 aromatic rings. The standard InChI is InChI=1S/C15H17N3S/c1-10(2)14-9-17-15(19-14)18-13-7-3-6-12-11(13)5-4-8-16-12/h3-8,10,14H,9H2,1-2H3,(H,17,18). The molecular formula is C15H17N3S. The van der Waals surface area contributed by atoms with Crippen molar-refractivity contribution < 1.29 is 0 Å². The van der Waals surface area contributed by atoms with Crippen LogP contribution in [0.5, 0.6) is 0 Å². The minimum Gasteiger partial charge on any atom is -0.334 e. The number of amidine groups is 1. The second kappa shape index (κ2) is 5.21. The number of hydrogen-bond acceptors (Lipinski definition) is 4. The van der Waals surface area contributed by atoms with E-state index < -0.39 is 0 Å². The van der Waals surface area contributed by atoms with Gasteiger partial charge in [-0.15, -0.1) is 0 Å². The van der Waals surface area contributed by atoms with Crippen LogP contribution in [0, 0.1) is 5.92 Å². The molecule has 0 amide bonds. The van der Waals surface area contributed by atoms with Crippen molar-refractivity contribution >= 4 is 33.5 Å². The number of pyridine rings is 1. The Morgan fingerprint density at radius 3 is 2.95 bits per heavy atom. The molecule has 0 saturated heterocycles. The van der Waals surface area contributed by atoms with Crippen LogP contribution in [0.15, 0.2) is 41.5 Å². The van der Waals surface area contributed by atoms with Crippen molar-refractivity contribution in [2.75, 3.05) is 11.9 Å². The predicted octanol–water partition coefficient (Wildman–Crippen LogP) is 3.77. The Hall–Kier alpha value is -1.55. The first-order valence-corrected chi connectivity index (χ1v) is 7.44. The molecule has 0 fully saturated rings. The minimum absolute atomic E-state index is 0.593. The van der Waals surface area contributed by atoms with E-state index in [1.165, 1.54) is 0 Å². The molecule has 3 nitrogen and oxygen atoms in total. The maximum Gasteiger partial charge on any atom is 0.161 e. The van der Waals surface area contributed by atoms with E-state index in [0.29, 0.717) is 11.2 Å². The molecular weight excluding hydrogens is 254 g/mol. The van der Waals surface area contributed by atoms with Crippen molar-refractivity contribution in [3.05, 3.63) is 36.5 Å². The number of fused-ring (bicyclic) bond motifs is 1. The summed E-state index contributed by atoms with van der Waals surface area (Å²) < 4.78 is 0. The Kier molecular flexibility index (Phi) is 3.42. The zero-order valence-corrected chi connectivity index (χ0v) is 11.9. The quantitative estimate of drug-likeness (QED) is 0.903. The van der Waals surface area contributed by atoms with Gasteiger partial charge in [0.25, 0.3) is 0 Å². The summed E-state index contributed by atoms with van der Waals surface area (Å²) in [7, 11) is 0. The van der Waals surface area contributed by atoms with Crippen LogP contribution in [0.2, 0.25) is 0 Å². The molecule has 0 saturated carbocycles. The Labute approximate surface area is 117 Å². The molecule has 1 aromatic carbocycles.